The second-order valence-corrected chi connectivity index (χ2v) is 5.63. The zero-order valence-electron chi connectivity index (χ0n) is 10.4. The normalized spacial score (nSPS) is 27.4. The van der Waals surface area contributed by atoms with E-state index in [9.17, 15) is 4.79 Å². The Morgan fingerprint density at radius 3 is 3.17 bits per heavy atom. The van der Waals surface area contributed by atoms with Crippen LogP contribution in [0.15, 0.2) is 17.7 Å². The van der Waals surface area contributed by atoms with Gasteiger partial charge in [-0.3, -0.25) is 4.79 Å². The monoisotopic (exact) mass is 263 g/mol. The summed E-state index contributed by atoms with van der Waals surface area (Å²) in [5, 5.41) is 3.14. The van der Waals surface area contributed by atoms with Crippen molar-refractivity contribution in [1.82, 2.24) is 15.2 Å². The van der Waals surface area contributed by atoms with Crippen molar-refractivity contribution in [3.63, 3.8) is 0 Å². The fraction of sp³-hybridized carbons (Fsp3) is 0.538. The Morgan fingerprint density at radius 2 is 2.44 bits per heavy atom. The standard InChI is InChI=1S/C13H17N3OS/c1-14-11-12-10(15-8-18-12)6-7-16(13(11)17)9-4-2-3-5-9/h2,4,8-9,11,14H,3,5-7H2,1H3. The van der Waals surface area contributed by atoms with Crippen molar-refractivity contribution < 1.29 is 4.79 Å². The number of allylic oxidation sites excluding steroid dienone is 1. The van der Waals surface area contributed by atoms with Crippen molar-refractivity contribution >= 4 is 17.2 Å². The van der Waals surface area contributed by atoms with Crippen LogP contribution in [0.1, 0.15) is 29.5 Å². The Balaban J connectivity index is 1.91. The molecule has 0 saturated heterocycles. The Kier molecular flexibility index (Phi) is 3.18. The van der Waals surface area contributed by atoms with Crippen LogP contribution in [0.4, 0.5) is 0 Å². The Hall–Kier alpha value is -1.20. The van der Waals surface area contributed by atoms with Gasteiger partial charge in [-0.05, 0) is 19.9 Å². The molecule has 1 aromatic rings. The summed E-state index contributed by atoms with van der Waals surface area (Å²) in [7, 11) is 1.85. The highest BCUT2D eigenvalue weighted by Gasteiger charge is 2.34. The quantitative estimate of drug-likeness (QED) is 0.823. The zero-order chi connectivity index (χ0) is 12.5. The largest absolute Gasteiger partial charge is 0.334 e. The molecule has 2 heterocycles. The topological polar surface area (TPSA) is 45.2 Å². The highest BCUT2D eigenvalue weighted by atomic mass is 32.1. The van der Waals surface area contributed by atoms with Gasteiger partial charge >= 0.3 is 0 Å². The second kappa shape index (κ2) is 4.82. The Labute approximate surface area is 111 Å². The van der Waals surface area contributed by atoms with Gasteiger partial charge in [-0.1, -0.05) is 12.2 Å². The van der Waals surface area contributed by atoms with E-state index in [4.69, 9.17) is 0 Å². The lowest BCUT2D eigenvalue weighted by atomic mass is 10.1. The SMILES string of the molecule is CNC1C(=O)N(C2C=CCC2)CCc2ncsc21. The van der Waals surface area contributed by atoms with Crippen molar-refractivity contribution in [2.45, 2.75) is 31.3 Å². The molecule has 0 spiro atoms. The van der Waals surface area contributed by atoms with Gasteiger partial charge in [0.15, 0.2) is 0 Å². The molecular weight excluding hydrogens is 246 g/mol. The average molecular weight is 263 g/mol. The number of rotatable bonds is 2. The van der Waals surface area contributed by atoms with E-state index < -0.39 is 0 Å². The minimum atomic E-state index is -0.219. The number of thiazole rings is 1. The van der Waals surface area contributed by atoms with Crippen LogP contribution < -0.4 is 5.32 Å². The average Bonchev–Trinajstić information content (AvgIpc) is 3.01. The molecular formula is C13H17N3OS. The smallest absolute Gasteiger partial charge is 0.245 e. The third kappa shape index (κ3) is 1.87. The highest BCUT2D eigenvalue weighted by Crippen LogP contribution is 2.30. The van der Waals surface area contributed by atoms with E-state index in [0.29, 0.717) is 0 Å². The Bertz CT molecular complexity index is 482. The van der Waals surface area contributed by atoms with Crippen LogP contribution in [0.25, 0.3) is 0 Å². The third-order valence-electron chi connectivity index (χ3n) is 3.73. The number of hydrogen-bond acceptors (Lipinski definition) is 4. The molecule has 18 heavy (non-hydrogen) atoms. The predicted molar refractivity (Wildman–Crippen MR) is 71.5 cm³/mol. The molecule has 0 aromatic carbocycles. The maximum absolute atomic E-state index is 12.6. The van der Waals surface area contributed by atoms with Crippen LogP contribution in [0.3, 0.4) is 0 Å². The number of likely N-dealkylation sites (N-methyl/N-ethyl adjacent to an activating group) is 1. The number of fused-ring (bicyclic) bond motifs is 1. The molecule has 96 valence electrons. The van der Waals surface area contributed by atoms with Gasteiger partial charge in [-0.15, -0.1) is 11.3 Å². The van der Waals surface area contributed by atoms with Gasteiger partial charge in [-0.25, -0.2) is 4.98 Å². The molecule has 0 fully saturated rings. The number of carbonyl (C=O) groups excluding carboxylic acids is 1. The Morgan fingerprint density at radius 1 is 1.56 bits per heavy atom. The van der Waals surface area contributed by atoms with Crippen molar-refractivity contribution in [3.8, 4) is 0 Å². The predicted octanol–water partition coefficient (Wildman–Crippen LogP) is 1.51. The third-order valence-corrected chi connectivity index (χ3v) is 4.67. The molecule has 1 aliphatic carbocycles. The van der Waals surface area contributed by atoms with Gasteiger partial charge in [0.2, 0.25) is 5.91 Å². The van der Waals surface area contributed by atoms with Gasteiger partial charge in [0.1, 0.15) is 6.04 Å². The lowest BCUT2D eigenvalue weighted by Gasteiger charge is -2.29. The summed E-state index contributed by atoms with van der Waals surface area (Å²) in [6, 6.07) is 0.0614. The molecule has 1 aliphatic heterocycles. The summed E-state index contributed by atoms with van der Waals surface area (Å²) in [6.45, 7) is 0.781. The minimum Gasteiger partial charge on any atom is -0.334 e. The molecule has 3 rings (SSSR count). The first kappa shape index (κ1) is 11.9. The van der Waals surface area contributed by atoms with E-state index in [1.807, 2.05) is 17.5 Å². The summed E-state index contributed by atoms with van der Waals surface area (Å²) in [5.74, 6) is 0.192. The number of nitrogens with one attached hydrogen (secondary N) is 1. The van der Waals surface area contributed by atoms with E-state index in [0.717, 1.165) is 36.4 Å². The molecule has 2 atom stereocenters. The van der Waals surface area contributed by atoms with Gasteiger partial charge in [0, 0.05) is 13.0 Å². The summed E-state index contributed by atoms with van der Waals surface area (Å²) in [4.78, 5) is 20.1. The van der Waals surface area contributed by atoms with Crippen LogP contribution in [0.2, 0.25) is 0 Å². The number of amides is 1. The zero-order valence-corrected chi connectivity index (χ0v) is 11.2. The summed E-state index contributed by atoms with van der Waals surface area (Å²) >= 11 is 1.58. The summed E-state index contributed by atoms with van der Waals surface area (Å²) in [5.41, 5.74) is 2.92. The molecule has 0 bridgehead atoms. The molecule has 2 aliphatic rings. The van der Waals surface area contributed by atoms with Crippen molar-refractivity contribution in [1.29, 1.82) is 0 Å². The van der Waals surface area contributed by atoms with E-state index in [-0.39, 0.29) is 18.0 Å². The molecule has 1 amide bonds. The lowest BCUT2D eigenvalue weighted by Crippen LogP contribution is -2.43. The van der Waals surface area contributed by atoms with Gasteiger partial charge < -0.3 is 10.2 Å². The maximum Gasteiger partial charge on any atom is 0.245 e. The first-order chi connectivity index (χ1) is 8.81. The lowest BCUT2D eigenvalue weighted by molar-refractivity contribution is -0.134. The highest BCUT2D eigenvalue weighted by molar-refractivity contribution is 7.10. The van der Waals surface area contributed by atoms with E-state index in [1.54, 1.807) is 11.3 Å². The molecule has 1 N–H and O–H groups in total. The minimum absolute atomic E-state index is 0.192. The molecule has 0 radical (unpaired) electrons. The van der Waals surface area contributed by atoms with E-state index in [1.165, 1.54) is 0 Å². The summed E-state index contributed by atoms with van der Waals surface area (Å²) < 4.78 is 0. The van der Waals surface area contributed by atoms with Crippen LogP contribution in [0.5, 0.6) is 0 Å². The number of aromatic nitrogens is 1. The number of nitrogens with zero attached hydrogens (tertiary/aromatic N) is 2. The number of hydrogen-bond donors (Lipinski definition) is 1. The molecule has 4 nitrogen and oxygen atoms in total. The van der Waals surface area contributed by atoms with E-state index in [2.05, 4.69) is 22.5 Å². The fourth-order valence-corrected chi connectivity index (χ4v) is 3.71. The van der Waals surface area contributed by atoms with E-state index >= 15 is 0 Å². The summed E-state index contributed by atoms with van der Waals surface area (Å²) in [6.07, 6.45) is 7.34. The number of carbonyl (C=O) groups is 1. The van der Waals surface area contributed by atoms with Crippen LogP contribution in [0, 0.1) is 0 Å². The second-order valence-electron chi connectivity index (χ2n) is 4.74. The fourth-order valence-electron chi connectivity index (χ4n) is 2.78. The maximum atomic E-state index is 12.6. The van der Waals surface area contributed by atoms with Crippen LogP contribution >= 0.6 is 11.3 Å². The molecule has 1 aromatic heterocycles. The van der Waals surface area contributed by atoms with Gasteiger partial charge in [0.05, 0.1) is 22.1 Å². The van der Waals surface area contributed by atoms with Crippen LogP contribution in [-0.4, -0.2) is 35.4 Å². The van der Waals surface area contributed by atoms with Gasteiger partial charge in [-0.2, -0.15) is 0 Å². The van der Waals surface area contributed by atoms with Crippen molar-refractivity contribution in [3.05, 3.63) is 28.2 Å². The van der Waals surface area contributed by atoms with Crippen molar-refractivity contribution in [2.75, 3.05) is 13.6 Å². The molecule has 2 unspecified atom stereocenters. The van der Waals surface area contributed by atoms with Crippen LogP contribution in [-0.2, 0) is 11.2 Å². The first-order valence-corrected chi connectivity index (χ1v) is 7.26. The van der Waals surface area contributed by atoms with Gasteiger partial charge in [0.25, 0.3) is 0 Å². The van der Waals surface area contributed by atoms with Crippen molar-refractivity contribution in [2.24, 2.45) is 0 Å². The first-order valence-electron chi connectivity index (χ1n) is 6.38. The molecule has 0 saturated carbocycles. The molecule has 5 heteroatoms.